The predicted octanol–water partition coefficient (Wildman–Crippen LogP) is 11.1. The van der Waals surface area contributed by atoms with E-state index in [4.69, 9.17) is 4.74 Å². The number of ether oxygens (including phenoxy) is 2. The quantitative estimate of drug-likeness (QED) is 0.0827. The highest BCUT2D eigenvalue weighted by atomic mass is 19.1. The second-order valence-electron chi connectivity index (χ2n) is 16.6. The number of hydrogen-bond donors (Lipinski definition) is 2. The van der Waals surface area contributed by atoms with E-state index < -0.39 is 35.5 Å². The van der Waals surface area contributed by atoms with Crippen molar-refractivity contribution in [3.05, 3.63) is 132 Å². The molecule has 0 aliphatic carbocycles. The zero-order valence-electron chi connectivity index (χ0n) is 36.6. The number of rotatable bonds is 14. The van der Waals surface area contributed by atoms with Gasteiger partial charge in [0.1, 0.15) is 29.4 Å². The Bertz CT molecular complexity index is 2560. The zero-order valence-corrected chi connectivity index (χ0v) is 36.6. The smallest absolute Gasteiger partial charge is 0.313 e. The number of hydrogen-bond acceptors (Lipinski definition) is 7. The van der Waals surface area contributed by atoms with Crippen molar-refractivity contribution >= 4 is 51.7 Å². The van der Waals surface area contributed by atoms with Crippen LogP contribution in [0.4, 0.5) is 8.78 Å². The molecule has 0 saturated heterocycles. The molecule has 0 fully saturated rings. The second kappa shape index (κ2) is 20.6. The van der Waals surface area contributed by atoms with E-state index in [-0.39, 0.29) is 43.0 Å². The van der Waals surface area contributed by atoms with E-state index in [1.165, 1.54) is 31.4 Å². The lowest BCUT2D eigenvalue weighted by atomic mass is 10.0. The number of carbonyl (C=O) groups is 3. The average Bonchev–Trinajstić information content (AvgIpc) is 3.72. The van der Waals surface area contributed by atoms with Gasteiger partial charge < -0.3 is 28.8 Å². The maximum Gasteiger partial charge on any atom is 0.313 e. The highest BCUT2D eigenvalue weighted by molar-refractivity contribution is 6.02. The van der Waals surface area contributed by atoms with Gasteiger partial charge in [0.2, 0.25) is 0 Å². The van der Waals surface area contributed by atoms with Gasteiger partial charge >= 0.3 is 11.9 Å². The molecule has 2 heterocycles. The number of methoxy groups -OCH3 is 1. The third-order valence-electron chi connectivity index (χ3n) is 9.95. The van der Waals surface area contributed by atoms with Gasteiger partial charge in [-0.3, -0.25) is 14.4 Å². The molecular weight excluding hydrogens is 791 g/mol. The lowest BCUT2D eigenvalue weighted by molar-refractivity contribution is -0.156. The van der Waals surface area contributed by atoms with E-state index in [1.54, 1.807) is 63.3 Å². The summed E-state index contributed by atoms with van der Waals surface area (Å²) in [5, 5.41) is 22.7. The van der Waals surface area contributed by atoms with E-state index >= 15 is 0 Å². The number of fused-ring (bicyclic) bond motifs is 2. The molecule has 0 amide bonds. The Kier molecular flexibility index (Phi) is 15.6. The van der Waals surface area contributed by atoms with Gasteiger partial charge in [-0.1, -0.05) is 72.8 Å². The topological polar surface area (TPSA) is 120 Å². The van der Waals surface area contributed by atoms with Crippen LogP contribution in [0.25, 0.3) is 56.2 Å². The van der Waals surface area contributed by atoms with E-state index in [1.807, 2.05) is 54.6 Å². The maximum absolute atomic E-state index is 13.6. The van der Waals surface area contributed by atoms with Crippen molar-refractivity contribution in [1.29, 1.82) is 0 Å². The number of halogens is 2. The van der Waals surface area contributed by atoms with Crippen molar-refractivity contribution < 1.29 is 42.9 Å². The van der Waals surface area contributed by atoms with Gasteiger partial charge in [0, 0.05) is 62.8 Å². The number of aliphatic hydroxyl groups excluding tert-OH is 2. The van der Waals surface area contributed by atoms with Crippen LogP contribution in [-0.2, 0) is 23.9 Å². The highest BCUT2D eigenvalue weighted by Gasteiger charge is 2.23. The summed E-state index contributed by atoms with van der Waals surface area (Å²) in [6.45, 7) is 13.5. The first kappa shape index (κ1) is 46.9. The third kappa shape index (κ3) is 11.8. The molecule has 6 aromatic rings. The molecule has 0 bridgehead atoms. The van der Waals surface area contributed by atoms with Crippen LogP contribution in [0.1, 0.15) is 91.2 Å². The van der Waals surface area contributed by atoms with Gasteiger partial charge in [-0.25, -0.2) is 8.78 Å². The van der Waals surface area contributed by atoms with Crippen molar-refractivity contribution in [3.63, 3.8) is 0 Å². The van der Waals surface area contributed by atoms with Crippen molar-refractivity contribution in [2.45, 2.75) is 97.6 Å². The molecule has 2 aromatic heterocycles. The largest absolute Gasteiger partial charge is 0.469 e. The molecule has 6 rings (SSSR count). The number of aromatic nitrogens is 2. The van der Waals surface area contributed by atoms with Crippen LogP contribution in [0.2, 0.25) is 0 Å². The predicted molar refractivity (Wildman–Crippen MR) is 242 cm³/mol. The Morgan fingerprint density at radius 3 is 1.42 bits per heavy atom. The maximum atomic E-state index is 13.6. The minimum absolute atomic E-state index is 0.110. The molecule has 11 heteroatoms. The monoisotopic (exact) mass is 846 g/mol. The van der Waals surface area contributed by atoms with Crippen LogP contribution >= 0.6 is 0 Å². The molecule has 0 aliphatic rings. The normalized spacial score (nSPS) is 12.9. The van der Waals surface area contributed by atoms with Crippen LogP contribution in [-0.4, -0.2) is 62.0 Å². The lowest BCUT2D eigenvalue weighted by Gasteiger charge is -2.19. The Hall–Kier alpha value is -6.17. The molecule has 2 N–H and O–H groups in total. The molecule has 326 valence electrons. The Morgan fingerprint density at radius 1 is 0.629 bits per heavy atom. The van der Waals surface area contributed by atoms with Gasteiger partial charge in [-0.2, -0.15) is 0 Å². The van der Waals surface area contributed by atoms with Gasteiger partial charge in [0.15, 0.2) is 0 Å². The molecule has 0 radical (unpaired) electrons. The van der Waals surface area contributed by atoms with E-state index in [2.05, 4.69) is 41.6 Å². The van der Waals surface area contributed by atoms with Crippen LogP contribution in [0.15, 0.2) is 109 Å². The summed E-state index contributed by atoms with van der Waals surface area (Å²) in [6, 6.07) is 29.0. The third-order valence-corrected chi connectivity index (χ3v) is 9.95. The lowest BCUT2D eigenvalue weighted by Crippen LogP contribution is -2.26. The number of aliphatic hydroxyl groups is 2. The number of benzene rings is 4. The van der Waals surface area contributed by atoms with Crippen molar-refractivity contribution in [1.82, 2.24) is 9.13 Å². The van der Waals surface area contributed by atoms with Gasteiger partial charge in [0.05, 0.1) is 25.7 Å². The molecule has 0 saturated carbocycles. The molecular formula is C51H56F2N2O7. The standard InChI is InChI=1S/C28H32FNO4.C23H24FNO3/c1-18(2)30-24-9-7-6-8-23(24)27(19-10-12-20(29)13-11-19)25(30)15-14-21(31)16-22(32)17-26(33)34-28(3,4)5;1-15(2)25-20-7-5-4-6-19(20)23(16-8-10-17(24)11-9-16)21(25)13-12-18(26)14-22(27)28-3/h6-15,18,21,31H,16-17H2,1-5H3;4-13,15,18,26H,14H2,1-3H3/b15-14+;13-12+. The minimum Gasteiger partial charge on any atom is -0.469 e. The number of para-hydroxylation sites is 2. The summed E-state index contributed by atoms with van der Waals surface area (Å²) >= 11 is 0. The minimum atomic E-state index is -1.06. The Labute approximate surface area is 361 Å². The first-order chi connectivity index (χ1) is 29.4. The summed E-state index contributed by atoms with van der Waals surface area (Å²) in [4.78, 5) is 35.6. The van der Waals surface area contributed by atoms with E-state index in [0.29, 0.717) is 0 Å². The molecule has 62 heavy (non-hydrogen) atoms. The average molecular weight is 847 g/mol. The van der Waals surface area contributed by atoms with Crippen LogP contribution in [0.3, 0.4) is 0 Å². The fourth-order valence-electron chi connectivity index (χ4n) is 7.49. The van der Waals surface area contributed by atoms with Crippen LogP contribution < -0.4 is 0 Å². The zero-order chi connectivity index (χ0) is 45.3. The van der Waals surface area contributed by atoms with Crippen LogP contribution in [0, 0.1) is 11.6 Å². The second-order valence-corrected chi connectivity index (χ2v) is 16.6. The summed E-state index contributed by atoms with van der Waals surface area (Å²) in [6.07, 6.45) is 4.09. The molecule has 2 atom stereocenters. The first-order valence-electron chi connectivity index (χ1n) is 20.7. The molecule has 2 unspecified atom stereocenters. The summed E-state index contributed by atoms with van der Waals surface area (Å²) in [5.41, 5.74) is 6.78. The fraction of sp³-hybridized carbons (Fsp3) is 0.314. The van der Waals surface area contributed by atoms with E-state index in [9.17, 15) is 33.4 Å². The van der Waals surface area contributed by atoms with Crippen molar-refractivity contribution in [2.24, 2.45) is 0 Å². The number of carbonyl (C=O) groups excluding carboxylic acids is 3. The number of Topliss-reactive ketones (excluding diaryl/α,β-unsaturated/α-hetero) is 1. The first-order valence-corrected chi connectivity index (χ1v) is 20.7. The Morgan fingerprint density at radius 2 is 1.03 bits per heavy atom. The summed E-state index contributed by atoms with van der Waals surface area (Å²) in [5.74, 6) is -2.07. The molecule has 0 aliphatic heterocycles. The highest BCUT2D eigenvalue weighted by Crippen LogP contribution is 2.39. The molecule has 0 spiro atoms. The van der Waals surface area contributed by atoms with E-state index in [0.717, 1.165) is 55.4 Å². The SMILES string of the molecule is CC(C)n1c(/C=C/C(O)CC(=O)CC(=O)OC(C)(C)C)c(-c2ccc(F)cc2)c2ccccc21.COC(=O)CC(O)/C=C/c1c(-c2ccc(F)cc2)c2ccccc2n1C(C)C. The number of esters is 2. The Balaban J connectivity index is 0.000000238. The van der Waals surface area contributed by atoms with Crippen LogP contribution in [0.5, 0.6) is 0 Å². The summed E-state index contributed by atoms with van der Waals surface area (Å²) < 4.78 is 41.2. The molecule has 4 aromatic carbocycles. The number of ketones is 1. The van der Waals surface area contributed by atoms with Gasteiger partial charge in [0.25, 0.3) is 0 Å². The van der Waals surface area contributed by atoms with Gasteiger partial charge in [-0.05, 0) is 108 Å². The van der Waals surface area contributed by atoms with Crippen molar-refractivity contribution in [3.8, 4) is 22.3 Å². The van der Waals surface area contributed by atoms with Crippen molar-refractivity contribution in [2.75, 3.05) is 7.11 Å². The molecule has 9 nitrogen and oxygen atoms in total. The fourth-order valence-corrected chi connectivity index (χ4v) is 7.49. The van der Waals surface area contributed by atoms with Gasteiger partial charge in [-0.15, -0.1) is 0 Å². The number of nitrogens with zero attached hydrogens (tertiary/aromatic N) is 2. The summed E-state index contributed by atoms with van der Waals surface area (Å²) in [7, 11) is 1.29.